The second-order valence-electron chi connectivity index (χ2n) is 6.18. The Labute approximate surface area is 135 Å². The van der Waals surface area contributed by atoms with Crippen molar-refractivity contribution < 1.29 is 15.0 Å². The Morgan fingerprint density at radius 1 is 1.04 bits per heavy atom. The number of carbonyl (C=O) groups is 1. The van der Waals surface area contributed by atoms with Crippen LogP contribution < -0.4 is 5.32 Å². The maximum atomic E-state index is 12.3. The van der Waals surface area contributed by atoms with Crippen LogP contribution in [0.2, 0.25) is 0 Å². The lowest BCUT2D eigenvalue weighted by molar-refractivity contribution is -0.138. The third-order valence-corrected chi connectivity index (χ3v) is 4.37. The molecule has 3 N–H and O–H groups in total. The van der Waals surface area contributed by atoms with Crippen LogP contribution in [-0.4, -0.2) is 28.3 Å². The highest BCUT2D eigenvalue weighted by Gasteiger charge is 2.41. The number of hydrogen-bond donors (Lipinski definition) is 3. The van der Waals surface area contributed by atoms with E-state index < -0.39 is 5.60 Å². The quantitative estimate of drug-likeness (QED) is 0.740. The van der Waals surface area contributed by atoms with Crippen LogP contribution in [0.5, 0.6) is 5.75 Å². The fourth-order valence-corrected chi connectivity index (χ4v) is 3.08. The van der Waals surface area contributed by atoms with Crippen molar-refractivity contribution in [2.24, 2.45) is 0 Å². The number of aryl methyl sites for hydroxylation is 1. The molecule has 4 heteroatoms. The van der Waals surface area contributed by atoms with E-state index in [4.69, 9.17) is 0 Å². The molecule has 0 aromatic heterocycles. The predicted molar refractivity (Wildman–Crippen MR) is 88.2 cm³/mol. The highest BCUT2D eigenvalue weighted by molar-refractivity contribution is 5.86. The highest BCUT2D eigenvalue weighted by atomic mass is 16.3. The van der Waals surface area contributed by atoms with Crippen LogP contribution in [0.25, 0.3) is 0 Å². The topological polar surface area (TPSA) is 69.6 Å². The van der Waals surface area contributed by atoms with Gasteiger partial charge in [-0.2, -0.15) is 0 Å². The van der Waals surface area contributed by atoms with Gasteiger partial charge in [-0.25, -0.2) is 0 Å². The number of phenolic OH excluding ortho intramolecular Hbond substituents is 1. The average Bonchev–Trinajstić information content (AvgIpc) is 2.90. The fourth-order valence-electron chi connectivity index (χ4n) is 3.08. The summed E-state index contributed by atoms with van der Waals surface area (Å²) in [7, 11) is 0. The number of amides is 1. The molecular formula is C19H21NO3. The minimum atomic E-state index is -1.32. The van der Waals surface area contributed by atoms with Gasteiger partial charge in [0, 0.05) is 19.4 Å². The lowest BCUT2D eigenvalue weighted by Crippen LogP contribution is -2.47. The van der Waals surface area contributed by atoms with E-state index in [-0.39, 0.29) is 11.7 Å². The normalized spacial score (nSPS) is 15.2. The second-order valence-corrected chi connectivity index (χ2v) is 6.18. The molecule has 0 bridgehead atoms. The van der Waals surface area contributed by atoms with Gasteiger partial charge < -0.3 is 15.5 Å². The number of phenols is 1. The van der Waals surface area contributed by atoms with Gasteiger partial charge in [-0.05, 0) is 41.7 Å². The number of benzene rings is 2. The summed E-state index contributed by atoms with van der Waals surface area (Å²) in [5.74, 6) is -0.0375. The molecule has 0 atom stereocenters. The molecule has 3 rings (SSSR count). The summed E-state index contributed by atoms with van der Waals surface area (Å²) in [5, 5.41) is 22.7. The van der Waals surface area contributed by atoms with Crippen LogP contribution in [0.15, 0.2) is 48.5 Å². The number of aliphatic hydroxyl groups is 1. The van der Waals surface area contributed by atoms with Crippen molar-refractivity contribution in [1.82, 2.24) is 5.32 Å². The van der Waals surface area contributed by atoms with Gasteiger partial charge in [0.1, 0.15) is 5.75 Å². The molecule has 23 heavy (non-hydrogen) atoms. The Kier molecular flexibility index (Phi) is 4.35. The van der Waals surface area contributed by atoms with E-state index in [0.29, 0.717) is 19.4 Å². The zero-order valence-electron chi connectivity index (χ0n) is 13.0. The molecule has 4 nitrogen and oxygen atoms in total. The smallest absolute Gasteiger partial charge is 0.252 e. The molecule has 0 saturated heterocycles. The minimum absolute atomic E-state index is 0.255. The second kappa shape index (κ2) is 6.42. The number of aromatic hydroxyl groups is 1. The van der Waals surface area contributed by atoms with Gasteiger partial charge in [0.05, 0.1) is 0 Å². The SMILES string of the molecule is O=C(NCCCc1ccc(O)cc1)C1(O)Cc2ccccc2C1. The summed E-state index contributed by atoms with van der Waals surface area (Å²) in [5.41, 5.74) is 1.90. The third-order valence-electron chi connectivity index (χ3n) is 4.37. The summed E-state index contributed by atoms with van der Waals surface area (Å²) in [4.78, 5) is 12.3. The molecule has 1 aliphatic rings. The van der Waals surface area contributed by atoms with Crippen LogP contribution in [0.4, 0.5) is 0 Å². The van der Waals surface area contributed by atoms with Crippen LogP contribution in [0, 0.1) is 0 Å². The summed E-state index contributed by atoms with van der Waals surface area (Å²) in [6.45, 7) is 0.526. The van der Waals surface area contributed by atoms with Crippen molar-refractivity contribution in [3.05, 3.63) is 65.2 Å². The highest BCUT2D eigenvalue weighted by Crippen LogP contribution is 2.30. The molecule has 0 radical (unpaired) electrons. The number of nitrogens with one attached hydrogen (secondary N) is 1. The van der Waals surface area contributed by atoms with Crippen molar-refractivity contribution in [2.45, 2.75) is 31.3 Å². The van der Waals surface area contributed by atoms with Gasteiger partial charge in [0.25, 0.3) is 5.91 Å². The van der Waals surface area contributed by atoms with E-state index in [2.05, 4.69) is 5.32 Å². The zero-order chi connectivity index (χ0) is 16.3. The van der Waals surface area contributed by atoms with Crippen LogP contribution in [0.1, 0.15) is 23.1 Å². The molecule has 1 aliphatic carbocycles. The van der Waals surface area contributed by atoms with E-state index in [0.717, 1.165) is 29.5 Å². The van der Waals surface area contributed by atoms with Gasteiger partial charge in [-0.1, -0.05) is 36.4 Å². The molecule has 0 aliphatic heterocycles. The lowest BCUT2D eigenvalue weighted by Gasteiger charge is -2.21. The maximum Gasteiger partial charge on any atom is 0.252 e. The molecule has 2 aromatic rings. The summed E-state index contributed by atoms with van der Waals surface area (Å²) in [6.07, 6.45) is 2.37. The van der Waals surface area contributed by atoms with Gasteiger partial charge in [0.15, 0.2) is 5.60 Å². The molecule has 2 aromatic carbocycles. The zero-order valence-corrected chi connectivity index (χ0v) is 13.0. The first kappa shape index (κ1) is 15.6. The Morgan fingerprint density at radius 3 is 2.26 bits per heavy atom. The fraction of sp³-hybridized carbons (Fsp3) is 0.316. The Hall–Kier alpha value is -2.33. The predicted octanol–water partition coefficient (Wildman–Crippen LogP) is 1.97. The first-order chi connectivity index (χ1) is 11.1. The maximum absolute atomic E-state index is 12.3. The van der Waals surface area contributed by atoms with Crippen molar-refractivity contribution in [3.8, 4) is 5.75 Å². The largest absolute Gasteiger partial charge is 0.508 e. The first-order valence-electron chi connectivity index (χ1n) is 7.92. The van der Waals surface area contributed by atoms with Crippen molar-refractivity contribution in [3.63, 3.8) is 0 Å². The molecule has 0 heterocycles. The Bertz CT molecular complexity index is 669. The van der Waals surface area contributed by atoms with E-state index in [1.807, 2.05) is 36.4 Å². The Balaban J connectivity index is 1.47. The number of rotatable bonds is 5. The van der Waals surface area contributed by atoms with Crippen LogP contribution in [-0.2, 0) is 24.1 Å². The van der Waals surface area contributed by atoms with Gasteiger partial charge in [-0.3, -0.25) is 4.79 Å². The summed E-state index contributed by atoms with van der Waals surface area (Å²) < 4.78 is 0. The van der Waals surface area contributed by atoms with Crippen LogP contribution in [0.3, 0.4) is 0 Å². The standard InChI is InChI=1S/C19H21NO3/c21-17-9-7-14(8-10-17)4-3-11-20-18(22)19(23)12-15-5-1-2-6-16(15)13-19/h1-2,5-10,21,23H,3-4,11-13H2,(H,20,22). The minimum Gasteiger partial charge on any atom is -0.508 e. The van der Waals surface area contributed by atoms with E-state index in [1.165, 1.54) is 0 Å². The first-order valence-corrected chi connectivity index (χ1v) is 7.92. The van der Waals surface area contributed by atoms with Crippen molar-refractivity contribution >= 4 is 5.91 Å². The molecule has 0 spiro atoms. The third kappa shape index (κ3) is 3.54. The van der Waals surface area contributed by atoms with E-state index >= 15 is 0 Å². The molecule has 0 saturated carbocycles. The number of carbonyl (C=O) groups excluding carboxylic acids is 1. The van der Waals surface area contributed by atoms with Gasteiger partial charge >= 0.3 is 0 Å². The monoisotopic (exact) mass is 311 g/mol. The molecule has 120 valence electrons. The molecule has 0 unspecified atom stereocenters. The average molecular weight is 311 g/mol. The molecule has 0 fully saturated rings. The number of hydrogen-bond acceptors (Lipinski definition) is 3. The van der Waals surface area contributed by atoms with Gasteiger partial charge in [-0.15, -0.1) is 0 Å². The number of fused-ring (bicyclic) bond motifs is 1. The van der Waals surface area contributed by atoms with Crippen molar-refractivity contribution in [2.75, 3.05) is 6.54 Å². The lowest BCUT2D eigenvalue weighted by atomic mass is 9.99. The summed E-state index contributed by atoms with van der Waals surface area (Å²) >= 11 is 0. The van der Waals surface area contributed by atoms with Crippen LogP contribution >= 0.6 is 0 Å². The molecular weight excluding hydrogens is 290 g/mol. The summed E-state index contributed by atoms with van der Waals surface area (Å²) in [6, 6.07) is 14.9. The van der Waals surface area contributed by atoms with Gasteiger partial charge in [0.2, 0.25) is 0 Å². The van der Waals surface area contributed by atoms with Crippen molar-refractivity contribution in [1.29, 1.82) is 0 Å². The Morgan fingerprint density at radius 2 is 1.65 bits per heavy atom. The van der Waals surface area contributed by atoms with E-state index in [9.17, 15) is 15.0 Å². The van der Waals surface area contributed by atoms with E-state index in [1.54, 1.807) is 12.1 Å². The molecule has 1 amide bonds.